The van der Waals surface area contributed by atoms with Gasteiger partial charge in [-0.05, 0) is 48.9 Å². The van der Waals surface area contributed by atoms with Crippen LogP contribution in [-0.4, -0.2) is 17.0 Å². The lowest BCUT2D eigenvalue weighted by Gasteiger charge is -2.09. The predicted molar refractivity (Wildman–Crippen MR) is 86.9 cm³/mol. The molecule has 0 bridgehead atoms. The molecule has 3 nitrogen and oxygen atoms in total. The third-order valence-corrected chi connectivity index (χ3v) is 3.80. The molecular weight excluding hydrogens is 333 g/mol. The summed E-state index contributed by atoms with van der Waals surface area (Å²) in [6.45, 7) is 1.73. The van der Waals surface area contributed by atoms with Gasteiger partial charge in [-0.15, -0.1) is 0 Å². The van der Waals surface area contributed by atoms with Crippen molar-refractivity contribution >= 4 is 32.7 Å². The molecule has 0 amide bonds. The lowest BCUT2D eigenvalue weighted by atomic mass is 10.1. The van der Waals surface area contributed by atoms with Crippen molar-refractivity contribution in [1.29, 1.82) is 0 Å². The Bertz CT molecular complexity index is 833. The predicted octanol–water partition coefficient (Wildman–Crippen LogP) is 4.55. The molecule has 106 valence electrons. The van der Waals surface area contributed by atoms with Crippen LogP contribution in [0.1, 0.15) is 5.56 Å². The standard InChI is InChI=1S/C16H13BrFN3/c1-9-7-10(3-5-13(9)18)15-20-14-6-4-11(17)8-12(14)16(19-2)21-15/h3-8H,1-2H3,(H,19,20,21). The molecule has 21 heavy (non-hydrogen) atoms. The van der Waals surface area contributed by atoms with Crippen molar-refractivity contribution in [1.82, 2.24) is 9.97 Å². The minimum atomic E-state index is -0.225. The van der Waals surface area contributed by atoms with Crippen LogP contribution < -0.4 is 5.32 Å². The Kier molecular flexibility index (Phi) is 3.59. The normalized spacial score (nSPS) is 10.9. The molecule has 0 aliphatic carbocycles. The van der Waals surface area contributed by atoms with Crippen molar-refractivity contribution in [3.05, 3.63) is 52.3 Å². The number of hydrogen-bond donors (Lipinski definition) is 1. The van der Waals surface area contributed by atoms with E-state index in [1.807, 2.05) is 25.2 Å². The second-order valence-corrected chi connectivity index (χ2v) is 5.69. The second-order valence-electron chi connectivity index (χ2n) is 4.77. The van der Waals surface area contributed by atoms with E-state index >= 15 is 0 Å². The van der Waals surface area contributed by atoms with Gasteiger partial charge in [0.15, 0.2) is 5.82 Å². The zero-order valence-corrected chi connectivity index (χ0v) is 13.2. The first-order valence-corrected chi connectivity index (χ1v) is 7.29. The smallest absolute Gasteiger partial charge is 0.162 e. The summed E-state index contributed by atoms with van der Waals surface area (Å²) in [4.78, 5) is 9.11. The number of rotatable bonds is 2. The number of hydrogen-bond acceptors (Lipinski definition) is 3. The summed E-state index contributed by atoms with van der Waals surface area (Å²) >= 11 is 3.45. The Morgan fingerprint density at radius 2 is 1.90 bits per heavy atom. The molecule has 1 aromatic heterocycles. The van der Waals surface area contributed by atoms with E-state index in [4.69, 9.17) is 0 Å². The molecule has 3 aromatic rings. The van der Waals surface area contributed by atoms with Gasteiger partial charge in [-0.1, -0.05) is 15.9 Å². The highest BCUT2D eigenvalue weighted by Crippen LogP contribution is 2.27. The van der Waals surface area contributed by atoms with Crippen LogP contribution in [0, 0.1) is 12.7 Å². The highest BCUT2D eigenvalue weighted by molar-refractivity contribution is 9.10. The van der Waals surface area contributed by atoms with Gasteiger partial charge in [-0.3, -0.25) is 0 Å². The number of benzene rings is 2. The minimum Gasteiger partial charge on any atom is -0.373 e. The Labute approximate surface area is 130 Å². The minimum absolute atomic E-state index is 0.225. The van der Waals surface area contributed by atoms with Crippen molar-refractivity contribution in [2.45, 2.75) is 6.92 Å². The lowest BCUT2D eigenvalue weighted by molar-refractivity contribution is 0.618. The molecule has 0 saturated heterocycles. The highest BCUT2D eigenvalue weighted by atomic mass is 79.9. The average Bonchev–Trinajstić information content (AvgIpc) is 2.49. The summed E-state index contributed by atoms with van der Waals surface area (Å²) in [5.41, 5.74) is 2.22. The van der Waals surface area contributed by atoms with Gasteiger partial charge in [-0.2, -0.15) is 0 Å². The molecule has 1 heterocycles. The van der Waals surface area contributed by atoms with Crippen LogP contribution in [0.2, 0.25) is 0 Å². The van der Waals surface area contributed by atoms with Crippen molar-refractivity contribution in [2.75, 3.05) is 12.4 Å². The third-order valence-electron chi connectivity index (χ3n) is 3.31. The fourth-order valence-corrected chi connectivity index (χ4v) is 2.57. The fraction of sp³-hybridized carbons (Fsp3) is 0.125. The Hall–Kier alpha value is -2.01. The SMILES string of the molecule is CNc1nc(-c2ccc(F)c(C)c2)nc2ccc(Br)cc12. The number of anilines is 1. The van der Waals surface area contributed by atoms with Crippen LogP contribution in [0.3, 0.4) is 0 Å². The van der Waals surface area contributed by atoms with Gasteiger partial charge in [0, 0.05) is 22.5 Å². The van der Waals surface area contributed by atoms with E-state index in [9.17, 15) is 4.39 Å². The van der Waals surface area contributed by atoms with E-state index in [-0.39, 0.29) is 5.82 Å². The molecule has 0 spiro atoms. The molecule has 0 aliphatic rings. The molecule has 0 aliphatic heterocycles. The van der Waals surface area contributed by atoms with Crippen molar-refractivity contribution < 1.29 is 4.39 Å². The number of halogens is 2. The number of fused-ring (bicyclic) bond motifs is 1. The molecule has 0 saturated carbocycles. The summed E-state index contributed by atoms with van der Waals surface area (Å²) in [5, 5.41) is 4.03. The summed E-state index contributed by atoms with van der Waals surface area (Å²) in [5.74, 6) is 1.10. The lowest BCUT2D eigenvalue weighted by Crippen LogP contribution is -1.99. The summed E-state index contributed by atoms with van der Waals surface area (Å²) in [6.07, 6.45) is 0. The van der Waals surface area contributed by atoms with Crippen LogP contribution in [-0.2, 0) is 0 Å². The monoisotopic (exact) mass is 345 g/mol. The Balaban J connectivity index is 2.23. The topological polar surface area (TPSA) is 37.8 Å². The van der Waals surface area contributed by atoms with Gasteiger partial charge in [0.25, 0.3) is 0 Å². The number of aryl methyl sites for hydroxylation is 1. The molecule has 0 radical (unpaired) electrons. The van der Waals surface area contributed by atoms with Crippen LogP contribution in [0.5, 0.6) is 0 Å². The number of nitrogens with zero attached hydrogens (tertiary/aromatic N) is 2. The molecule has 5 heteroatoms. The Morgan fingerprint density at radius 1 is 1.10 bits per heavy atom. The van der Waals surface area contributed by atoms with Gasteiger partial charge in [0.05, 0.1) is 5.52 Å². The quantitative estimate of drug-likeness (QED) is 0.740. The number of aromatic nitrogens is 2. The van der Waals surface area contributed by atoms with Gasteiger partial charge in [0.2, 0.25) is 0 Å². The summed E-state index contributed by atoms with van der Waals surface area (Å²) < 4.78 is 14.4. The zero-order valence-electron chi connectivity index (χ0n) is 11.6. The first-order valence-electron chi connectivity index (χ1n) is 6.50. The van der Waals surface area contributed by atoms with Crippen LogP contribution in [0.25, 0.3) is 22.3 Å². The third kappa shape index (κ3) is 2.61. The van der Waals surface area contributed by atoms with E-state index in [0.717, 1.165) is 26.8 Å². The molecular formula is C16H13BrFN3. The Morgan fingerprint density at radius 3 is 2.62 bits per heavy atom. The van der Waals surface area contributed by atoms with Crippen molar-refractivity contribution in [2.24, 2.45) is 0 Å². The second kappa shape index (κ2) is 5.41. The molecule has 2 aromatic carbocycles. The maximum absolute atomic E-state index is 13.4. The van der Waals surface area contributed by atoms with Crippen LogP contribution in [0.15, 0.2) is 40.9 Å². The fourth-order valence-electron chi connectivity index (χ4n) is 2.20. The van der Waals surface area contributed by atoms with Crippen molar-refractivity contribution in [3.63, 3.8) is 0 Å². The largest absolute Gasteiger partial charge is 0.373 e. The zero-order chi connectivity index (χ0) is 15.0. The first kappa shape index (κ1) is 13.9. The summed E-state index contributed by atoms with van der Waals surface area (Å²) in [7, 11) is 1.82. The number of nitrogens with one attached hydrogen (secondary N) is 1. The molecule has 0 fully saturated rings. The molecule has 3 rings (SSSR count). The average molecular weight is 346 g/mol. The maximum Gasteiger partial charge on any atom is 0.162 e. The van der Waals surface area contributed by atoms with Crippen LogP contribution >= 0.6 is 15.9 Å². The first-order chi connectivity index (χ1) is 10.1. The molecule has 0 atom stereocenters. The van der Waals surface area contributed by atoms with Gasteiger partial charge in [0.1, 0.15) is 11.6 Å². The maximum atomic E-state index is 13.4. The molecule has 0 unspecified atom stereocenters. The van der Waals surface area contributed by atoms with E-state index in [1.165, 1.54) is 6.07 Å². The van der Waals surface area contributed by atoms with Crippen molar-refractivity contribution in [3.8, 4) is 11.4 Å². The molecule has 1 N–H and O–H groups in total. The highest BCUT2D eigenvalue weighted by Gasteiger charge is 2.10. The van der Waals surface area contributed by atoms with E-state index in [2.05, 4.69) is 31.2 Å². The van der Waals surface area contributed by atoms with E-state index in [1.54, 1.807) is 19.1 Å². The van der Waals surface area contributed by atoms with Gasteiger partial charge in [-0.25, -0.2) is 14.4 Å². The van der Waals surface area contributed by atoms with Crippen LogP contribution in [0.4, 0.5) is 10.2 Å². The van der Waals surface area contributed by atoms with E-state index in [0.29, 0.717) is 11.4 Å². The van der Waals surface area contributed by atoms with Gasteiger partial charge < -0.3 is 5.32 Å². The summed E-state index contributed by atoms with van der Waals surface area (Å²) in [6, 6.07) is 10.7. The van der Waals surface area contributed by atoms with Gasteiger partial charge >= 0.3 is 0 Å². The van der Waals surface area contributed by atoms with E-state index < -0.39 is 0 Å².